The Kier molecular flexibility index (Phi) is 10.6. The number of esters is 1. The SMILES string of the molecule is C=CCOC(=O)c1ccc(-c2ccccc2)cc1.OCCOCCO. The van der Waals surface area contributed by atoms with Gasteiger partial charge in [0, 0.05) is 0 Å². The molecule has 2 rings (SSSR count). The first-order chi connectivity index (χ1) is 12.2. The van der Waals surface area contributed by atoms with E-state index in [1.807, 2.05) is 42.5 Å². The number of aliphatic hydroxyl groups excluding tert-OH is 2. The fourth-order valence-electron chi connectivity index (χ4n) is 1.88. The number of hydrogen-bond donors (Lipinski definition) is 2. The van der Waals surface area contributed by atoms with Gasteiger partial charge in [0.2, 0.25) is 0 Å². The molecule has 0 radical (unpaired) electrons. The third-order valence-electron chi connectivity index (χ3n) is 3.03. The molecule has 0 saturated carbocycles. The summed E-state index contributed by atoms with van der Waals surface area (Å²) in [7, 11) is 0. The van der Waals surface area contributed by atoms with Gasteiger partial charge in [0.1, 0.15) is 6.61 Å². The molecule has 0 saturated heterocycles. The molecule has 134 valence electrons. The fraction of sp³-hybridized carbons (Fsp3) is 0.250. The highest BCUT2D eigenvalue weighted by Crippen LogP contribution is 2.19. The number of rotatable bonds is 8. The average Bonchev–Trinajstić information content (AvgIpc) is 2.68. The van der Waals surface area contributed by atoms with Gasteiger partial charge in [-0.25, -0.2) is 4.79 Å². The number of carbonyl (C=O) groups excluding carboxylic acids is 1. The number of carbonyl (C=O) groups is 1. The predicted molar refractivity (Wildman–Crippen MR) is 97.3 cm³/mol. The Balaban J connectivity index is 0.000000381. The molecule has 0 aliphatic heterocycles. The molecule has 0 aliphatic rings. The summed E-state index contributed by atoms with van der Waals surface area (Å²) in [6.07, 6.45) is 1.55. The molecule has 2 aromatic carbocycles. The van der Waals surface area contributed by atoms with Crippen molar-refractivity contribution in [2.75, 3.05) is 33.0 Å². The third-order valence-corrected chi connectivity index (χ3v) is 3.03. The number of aliphatic hydroxyl groups is 2. The van der Waals surface area contributed by atoms with Crippen LogP contribution in [0.4, 0.5) is 0 Å². The normalized spacial score (nSPS) is 9.68. The van der Waals surface area contributed by atoms with Crippen LogP contribution in [0.1, 0.15) is 10.4 Å². The summed E-state index contributed by atoms with van der Waals surface area (Å²) in [6, 6.07) is 17.4. The van der Waals surface area contributed by atoms with Crippen molar-refractivity contribution in [3.8, 4) is 11.1 Å². The summed E-state index contributed by atoms with van der Waals surface area (Å²) in [6.45, 7) is 4.43. The van der Waals surface area contributed by atoms with E-state index in [9.17, 15) is 4.79 Å². The van der Waals surface area contributed by atoms with Crippen LogP contribution in [0.15, 0.2) is 67.3 Å². The lowest BCUT2D eigenvalue weighted by Crippen LogP contribution is -2.04. The smallest absolute Gasteiger partial charge is 0.338 e. The standard InChI is InChI=1S/C16H14O2.C4H10O3/c1-2-12-18-16(17)15-10-8-14(9-11-15)13-6-4-3-5-7-13;5-1-3-7-4-2-6/h2-11H,1,12H2;5-6H,1-4H2. The van der Waals surface area contributed by atoms with Gasteiger partial charge >= 0.3 is 5.97 Å². The molecule has 0 atom stereocenters. The minimum atomic E-state index is -0.325. The van der Waals surface area contributed by atoms with Gasteiger partial charge in [0.25, 0.3) is 0 Å². The predicted octanol–water partition coefficient (Wildman–Crippen LogP) is 2.68. The van der Waals surface area contributed by atoms with Gasteiger partial charge in [-0.1, -0.05) is 55.1 Å². The first-order valence-electron chi connectivity index (χ1n) is 7.96. The Morgan fingerprint density at radius 1 is 0.920 bits per heavy atom. The third kappa shape index (κ3) is 8.26. The van der Waals surface area contributed by atoms with Gasteiger partial charge < -0.3 is 19.7 Å². The summed E-state index contributed by atoms with van der Waals surface area (Å²) in [5.74, 6) is -0.325. The van der Waals surface area contributed by atoms with Crippen LogP contribution < -0.4 is 0 Å². The second-order valence-corrected chi connectivity index (χ2v) is 4.89. The highest BCUT2D eigenvalue weighted by molar-refractivity contribution is 5.90. The van der Waals surface area contributed by atoms with Crippen molar-refractivity contribution in [3.05, 3.63) is 72.8 Å². The van der Waals surface area contributed by atoms with E-state index in [2.05, 4.69) is 11.3 Å². The van der Waals surface area contributed by atoms with Crippen molar-refractivity contribution in [2.45, 2.75) is 0 Å². The van der Waals surface area contributed by atoms with Crippen LogP contribution in [-0.4, -0.2) is 49.2 Å². The maximum absolute atomic E-state index is 11.6. The Bertz CT molecular complexity index is 604. The van der Waals surface area contributed by atoms with Crippen molar-refractivity contribution in [2.24, 2.45) is 0 Å². The summed E-state index contributed by atoms with van der Waals surface area (Å²) in [4.78, 5) is 11.6. The van der Waals surface area contributed by atoms with Gasteiger partial charge in [-0.3, -0.25) is 0 Å². The lowest BCUT2D eigenvalue weighted by Gasteiger charge is -2.04. The van der Waals surface area contributed by atoms with E-state index in [0.29, 0.717) is 18.8 Å². The summed E-state index contributed by atoms with van der Waals surface area (Å²) < 4.78 is 9.60. The quantitative estimate of drug-likeness (QED) is 0.437. The molecular formula is C20H24O5. The fourth-order valence-corrected chi connectivity index (χ4v) is 1.88. The lowest BCUT2D eigenvalue weighted by atomic mass is 10.0. The van der Waals surface area contributed by atoms with Crippen molar-refractivity contribution in [1.82, 2.24) is 0 Å². The van der Waals surface area contributed by atoms with Crippen molar-refractivity contribution >= 4 is 5.97 Å². The molecule has 2 N–H and O–H groups in total. The van der Waals surface area contributed by atoms with Gasteiger partial charge in [-0.05, 0) is 23.3 Å². The van der Waals surface area contributed by atoms with Crippen LogP contribution in [0.2, 0.25) is 0 Å². The highest BCUT2D eigenvalue weighted by Gasteiger charge is 2.06. The first kappa shape index (κ1) is 20.6. The van der Waals surface area contributed by atoms with Gasteiger partial charge in [-0.2, -0.15) is 0 Å². The van der Waals surface area contributed by atoms with Crippen LogP contribution in [0.25, 0.3) is 11.1 Å². The summed E-state index contributed by atoms with van der Waals surface area (Å²) >= 11 is 0. The van der Waals surface area contributed by atoms with Crippen molar-refractivity contribution in [3.63, 3.8) is 0 Å². The van der Waals surface area contributed by atoms with E-state index in [-0.39, 0.29) is 25.8 Å². The number of hydrogen-bond acceptors (Lipinski definition) is 5. The molecule has 0 fully saturated rings. The van der Waals surface area contributed by atoms with Crippen LogP contribution >= 0.6 is 0 Å². The molecule has 0 aromatic heterocycles. The highest BCUT2D eigenvalue weighted by atomic mass is 16.5. The van der Waals surface area contributed by atoms with Gasteiger partial charge in [0.15, 0.2) is 0 Å². The van der Waals surface area contributed by atoms with E-state index in [1.165, 1.54) is 0 Å². The Morgan fingerprint density at radius 3 is 2.00 bits per heavy atom. The molecule has 5 nitrogen and oxygen atoms in total. The topological polar surface area (TPSA) is 76.0 Å². The molecule has 0 spiro atoms. The molecule has 0 heterocycles. The molecule has 0 bridgehead atoms. The van der Waals surface area contributed by atoms with Crippen molar-refractivity contribution < 1.29 is 24.5 Å². The molecular weight excluding hydrogens is 320 g/mol. The zero-order chi connectivity index (χ0) is 18.3. The maximum Gasteiger partial charge on any atom is 0.338 e. The molecule has 0 amide bonds. The monoisotopic (exact) mass is 344 g/mol. The summed E-state index contributed by atoms with van der Waals surface area (Å²) in [5, 5.41) is 16.2. The lowest BCUT2D eigenvalue weighted by molar-refractivity contribution is 0.0549. The molecule has 0 aliphatic carbocycles. The average molecular weight is 344 g/mol. The maximum atomic E-state index is 11.6. The molecule has 25 heavy (non-hydrogen) atoms. The second kappa shape index (κ2) is 12.9. The largest absolute Gasteiger partial charge is 0.458 e. The van der Waals surface area contributed by atoms with Crippen LogP contribution in [0.3, 0.4) is 0 Å². The zero-order valence-electron chi connectivity index (χ0n) is 14.1. The van der Waals surface area contributed by atoms with E-state index in [1.54, 1.807) is 18.2 Å². The van der Waals surface area contributed by atoms with Gasteiger partial charge in [-0.15, -0.1) is 0 Å². The van der Waals surface area contributed by atoms with Crippen LogP contribution in [-0.2, 0) is 9.47 Å². The van der Waals surface area contributed by atoms with E-state index < -0.39 is 0 Å². The first-order valence-corrected chi connectivity index (χ1v) is 7.96. The molecule has 5 heteroatoms. The summed E-state index contributed by atoms with van der Waals surface area (Å²) in [5.41, 5.74) is 2.76. The Hall–Kier alpha value is -2.47. The minimum absolute atomic E-state index is 0.0278. The Labute approximate surface area is 148 Å². The molecule has 2 aromatic rings. The van der Waals surface area contributed by atoms with Crippen LogP contribution in [0, 0.1) is 0 Å². The van der Waals surface area contributed by atoms with E-state index >= 15 is 0 Å². The van der Waals surface area contributed by atoms with Crippen molar-refractivity contribution in [1.29, 1.82) is 0 Å². The van der Waals surface area contributed by atoms with E-state index in [4.69, 9.17) is 14.9 Å². The molecule has 0 unspecified atom stereocenters. The minimum Gasteiger partial charge on any atom is -0.458 e. The zero-order valence-corrected chi connectivity index (χ0v) is 14.1. The Morgan fingerprint density at radius 2 is 1.48 bits per heavy atom. The van der Waals surface area contributed by atoms with Crippen LogP contribution in [0.5, 0.6) is 0 Å². The second-order valence-electron chi connectivity index (χ2n) is 4.89. The van der Waals surface area contributed by atoms with E-state index in [0.717, 1.165) is 11.1 Å². The number of benzene rings is 2. The van der Waals surface area contributed by atoms with Gasteiger partial charge in [0.05, 0.1) is 32.0 Å². The number of ether oxygens (including phenoxy) is 2.